The summed E-state index contributed by atoms with van der Waals surface area (Å²) in [6.45, 7) is 4.30. The number of hydrogen-bond acceptors (Lipinski definition) is 5. The molecule has 7 nitrogen and oxygen atoms in total. The number of ether oxygens (including phenoxy) is 1. The molecule has 9 heteroatoms. The van der Waals surface area contributed by atoms with Gasteiger partial charge in [-0.05, 0) is 60.2 Å². The zero-order valence-corrected chi connectivity index (χ0v) is 21.8. The maximum Gasteiger partial charge on any atom is 0.322 e. The summed E-state index contributed by atoms with van der Waals surface area (Å²) in [5, 5.41) is 5.00. The van der Waals surface area contributed by atoms with Crippen LogP contribution in [-0.4, -0.2) is 72.5 Å². The molecule has 1 saturated heterocycles. The molecule has 37 heavy (non-hydrogen) atoms. The van der Waals surface area contributed by atoms with Crippen LogP contribution in [0.4, 0.5) is 14.9 Å². The van der Waals surface area contributed by atoms with Crippen LogP contribution in [0.1, 0.15) is 29.0 Å². The minimum absolute atomic E-state index is 0.0247. The zero-order valence-electron chi connectivity index (χ0n) is 21.0. The van der Waals surface area contributed by atoms with Crippen molar-refractivity contribution in [2.75, 3.05) is 45.2 Å². The lowest BCUT2D eigenvalue weighted by Crippen LogP contribution is -2.58. The second-order valence-corrected chi connectivity index (χ2v) is 10.5. The first-order valence-corrected chi connectivity index (χ1v) is 13.4. The molecule has 0 spiro atoms. The molecular weight excluding hydrogens is 491 g/mol. The Kier molecular flexibility index (Phi) is 7.43. The number of nitrogens with zero attached hydrogens (tertiary/aromatic N) is 3. The van der Waals surface area contributed by atoms with Gasteiger partial charge in [0.25, 0.3) is 0 Å². The molecular formula is C28H31FN4O3S. The number of halogens is 1. The van der Waals surface area contributed by atoms with Gasteiger partial charge in [0.1, 0.15) is 11.6 Å². The van der Waals surface area contributed by atoms with Crippen LogP contribution in [-0.2, 0) is 11.2 Å². The smallest absolute Gasteiger partial charge is 0.322 e. The van der Waals surface area contributed by atoms with Crippen molar-refractivity contribution in [2.45, 2.75) is 25.4 Å². The van der Waals surface area contributed by atoms with Crippen LogP contribution in [0, 0.1) is 5.82 Å². The molecule has 1 aromatic heterocycles. The summed E-state index contributed by atoms with van der Waals surface area (Å²) >= 11 is 1.72. The van der Waals surface area contributed by atoms with Crippen molar-refractivity contribution in [3.05, 3.63) is 81.8 Å². The summed E-state index contributed by atoms with van der Waals surface area (Å²) in [5.74, 6) is 0.347. The number of methoxy groups -OCH3 is 1. The predicted molar refractivity (Wildman–Crippen MR) is 143 cm³/mol. The molecule has 2 aliphatic rings. The van der Waals surface area contributed by atoms with Gasteiger partial charge in [0.05, 0.1) is 25.4 Å². The lowest BCUT2D eigenvalue weighted by Gasteiger charge is -2.41. The number of amides is 3. The first-order chi connectivity index (χ1) is 17.9. The maximum atomic E-state index is 14.1. The summed E-state index contributed by atoms with van der Waals surface area (Å²) in [4.78, 5) is 33.4. The van der Waals surface area contributed by atoms with E-state index in [4.69, 9.17) is 4.74 Å². The van der Waals surface area contributed by atoms with E-state index in [9.17, 15) is 14.0 Å². The monoisotopic (exact) mass is 522 g/mol. The number of nitrogens with one attached hydrogen (secondary N) is 1. The Morgan fingerprint density at radius 3 is 2.73 bits per heavy atom. The third-order valence-corrected chi connectivity index (χ3v) is 8.15. The van der Waals surface area contributed by atoms with E-state index in [1.165, 1.54) is 10.9 Å². The van der Waals surface area contributed by atoms with Crippen molar-refractivity contribution in [1.29, 1.82) is 0 Å². The zero-order chi connectivity index (χ0) is 25.9. The molecule has 3 amide bonds. The Bertz CT molecular complexity index is 1280. The number of fused-ring (bicyclic) bond motifs is 1. The highest BCUT2D eigenvalue weighted by atomic mass is 32.1. The van der Waals surface area contributed by atoms with Gasteiger partial charge in [-0.1, -0.05) is 24.3 Å². The van der Waals surface area contributed by atoms with Crippen molar-refractivity contribution in [3.8, 4) is 5.75 Å². The Balaban J connectivity index is 1.24. The maximum absolute atomic E-state index is 14.1. The molecule has 2 atom stereocenters. The van der Waals surface area contributed by atoms with E-state index < -0.39 is 0 Å². The molecule has 2 aromatic carbocycles. The molecule has 0 unspecified atom stereocenters. The quantitative estimate of drug-likeness (QED) is 0.532. The molecule has 5 rings (SSSR count). The van der Waals surface area contributed by atoms with Gasteiger partial charge < -0.3 is 19.9 Å². The highest BCUT2D eigenvalue weighted by Gasteiger charge is 2.34. The van der Waals surface area contributed by atoms with E-state index in [-0.39, 0.29) is 36.4 Å². The van der Waals surface area contributed by atoms with Gasteiger partial charge in [-0.2, -0.15) is 0 Å². The Morgan fingerprint density at radius 2 is 1.95 bits per heavy atom. The highest BCUT2D eigenvalue weighted by molar-refractivity contribution is 7.10. The second-order valence-electron chi connectivity index (χ2n) is 9.49. The largest absolute Gasteiger partial charge is 0.495 e. The molecule has 0 saturated carbocycles. The van der Waals surface area contributed by atoms with Gasteiger partial charge in [-0.25, -0.2) is 9.18 Å². The summed E-state index contributed by atoms with van der Waals surface area (Å²) in [6.07, 6.45) is 0.874. The molecule has 1 N–H and O–H groups in total. The van der Waals surface area contributed by atoms with E-state index in [0.717, 1.165) is 24.1 Å². The average Bonchev–Trinajstić information content (AvgIpc) is 3.37. The lowest BCUT2D eigenvalue weighted by atomic mass is 9.93. The van der Waals surface area contributed by atoms with Crippen LogP contribution >= 0.6 is 11.3 Å². The van der Waals surface area contributed by atoms with E-state index in [1.54, 1.807) is 47.6 Å². The number of anilines is 1. The number of carbonyl (C=O) groups is 2. The number of urea groups is 1. The van der Waals surface area contributed by atoms with Crippen LogP contribution in [0.2, 0.25) is 0 Å². The first kappa shape index (κ1) is 25.2. The Labute approximate surface area is 220 Å². The fourth-order valence-corrected chi connectivity index (χ4v) is 6.20. The van der Waals surface area contributed by atoms with E-state index in [2.05, 4.69) is 21.7 Å². The molecule has 0 aliphatic carbocycles. The number of piperazine rings is 1. The minimum atomic E-state index is -0.275. The standard InChI is InChI=1S/C28H31FN4O3S/c1-19-17-31(13-14-33(19)28(35)30-23-8-3-4-9-24(23)36-2)26(34)18-32-12-10-25-22(11-15-37-25)27(32)20-6-5-7-21(29)16-20/h3-9,11,15-16,19,27H,10,12-14,17-18H2,1-2H3,(H,30,35)/t19-,27+/m1/s1. The fourth-order valence-electron chi connectivity index (χ4n) is 5.30. The van der Waals surface area contributed by atoms with Gasteiger partial charge in [0, 0.05) is 37.1 Å². The van der Waals surface area contributed by atoms with Crippen LogP contribution in [0.25, 0.3) is 0 Å². The lowest BCUT2D eigenvalue weighted by molar-refractivity contribution is -0.135. The molecule has 0 radical (unpaired) electrons. The van der Waals surface area contributed by atoms with E-state index >= 15 is 0 Å². The minimum Gasteiger partial charge on any atom is -0.495 e. The summed E-state index contributed by atoms with van der Waals surface area (Å²) in [5.41, 5.74) is 2.63. The molecule has 2 aliphatic heterocycles. The van der Waals surface area contributed by atoms with Crippen LogP contribution in [0.5, 0.6) is 5.75 Å². The number of thiophene rings is 1. The molecule has 3 aromatic rings. The predicted octanol–water partition coefficient (Wildman–Crippen LogP) is 4.61. The fraction of sp³-hybridized carbons (Fsp3) is 0.357. The van der Waals surface area contributed by atoms with Gasteiger partial charge >= 0.3 is 6.03 Å². The Hall–Kier alpha value is -3.43. The topological polar surface area (TPSA) is 65.1 Å². The molecule has 1 fully saturated rings. The molecule has 0 bridgehead atoms. The number of para-hydroxylation sites is 2. The third kappa shape index (κ3) is 5.33. The van der Waals surface area contributed by atoms with Crippen molar-refractivity contribution in [2.24, 2.45) is 0 Å². The van der Waals surface area contributed by atoms with Crippen molar-refractivity contribution in [3.63, 3.8) is 0 Å². The van der Waals surface area contributed by atoms with Gasteiger partial charge in [-0.15, -0.1) is 11.3 Å². The van der Waals surface area contributed by atoms with Crippen molar-refractivity contribution in [1.82, 2.24) is 14.7 Å². The van der Waals surface area contributed by atoms with Crippen LogP contribution in [0.15, 0.2) is 60.0 Å². The Morgan fingerprint density at radius 1 is 1.11 bits per heavy atom. The van der Waals surface area contributed by atoms with Crippen LogP contribution in [0.3, 0.4) is 0 Å². The van der Waals surface area contributed by atoms with E-state index in [0.29, 0.717) is 31.1 Å². The highest BCUT2D eigenvalue weighted by Crippen LogP contribution is 2.38. The summed E-state index contributed by atoms with van der Waals surface area (Å²) < 4.78 is 19.4. The van der Waals surface area contributed by atoms with Crippen molar-refractivity contribution < 1.29 is 18.7 Å². The molecule has 3 heterocycles. The average molecular weight is 523 g/mol. The number of benzene rings is 2. The van der Waals surface area contributed by atoms with Gasteiger partial charge in [0.15, 0.2) is 0 Å². The number of carbonyl (C=O) groups excluding carboxylic acids is 2. The van der Waals surface area contributed by atoms with Crippen LogP contribution < -0.4 is 10.1 Å². The van der Waals surface area contributed by atoms with Crippen molar-refractivity contribution >= 4 is 29.0 Å². The normalized spacial score (nSPS) is 19.9. The first-order valence-electron chi connectivity index (χ1n) is 12.5. The third-order valence-electron chi connectivity index (χ3n) is 7.16. The second kappa shape index (κ2) is 10.9. The molecule has 194 valence electrons. The number of hydrogen-bond donors (Lipinski definition) is 1. The van der Waals surface area contributed by atoms with Gasteiger partial charge in [-0.3, -0.25) is 9.69 Å². The number of rotatable bonds is 5. The summed E-state index contributed by atoms with van der Waals surface area (Å²) in [6, 6.07) is 15.5. The summed E-state index contributed by atoms with van der Waals surface area (Å²) in [7, 11) is 1.57. The SMILES string of the molecule is COc1ccccc1NC(=O)N1CCN(C(=O)CN2CCc3sccc3[C@@H]2c2cccc(F)c2)C[C@H]1C. The van der Waals surface area contributed by atoms with Gasteiger partial charge in [0.2, 0.25) is 5.91 Å². The van der Waals surface area contributed by atoms with E-state index in [1.807, 2.05) is 30.0 Å².